The van der Waals surface area contributed by atoms with Gasteiger partial charge in [0, 0.05) is 0 Å². The summed E-state index contributed by atoms with van der Waals surface area (Å²) in [4.78, 5) is 0. The fourth-order valence-electron chi connectivity index (χ4n) is 6.95. The van der Waals surface area contributed by atoms with E-state index in [2.05, 4.69) is 134 Å². The van der Waals surface area contributed by atoms with Crippen molar-refractivity contribution in [2.75, 3.05) is 0 Å². The Morgan fingerprint density at radius 2 is 1.07 bits per heavy atom. The van der Waals surface area contributed by atoms with Crippen LogP contribution in [0.5, 0.6) is 0 Å². The molecular formula is C41H32O2Zr. The molecular weight excluding hydrogens is 616 g/mol. The summed E-state index contributed by atoms with van der Waals surface area (Å²) in [7, 11) is 0. The quantitative estimate of drug-likeness (QED) is 0.180. The van der Waals surface area contributed by atoms with Crippen LogP contribution in [0.1, 0.15) is 58.1 Å². The van der Waals surface area contributed by atoms with E-state index in [0.29, 0.717) is 7.25 Å². The van der Waals surface area contributed by atoms with Crippen molar-refractivity contribution in [3.63, 3.8) is 0 Å². The van der Waals surface area contributed by atoms with Crippen LogP contribution in [0.3, 0.4) is 0 Å². The molecule has 2 aliphatic rings. The zero-order valence-corrected chi connectivity index (χ0v) is 27.6. The van der Waals surface area contributed by atoms with Crippen LogP contribution in [0.15, 0.2) is 124 Å². The van der Waals surface area contributed by atoms with Gasteiger partial charge in [0.25, 0.3) is 0 Å². The maximum absolute atomic E-state index is 6.36. The SMILES string of the molecule is Cc1ccc(C2=Cc3c(-c4ccccc4)cccc3[CH]2[Zr][CH]2C(c3ccc(C)o3)=Cc3c2ccc(C)c3-c2ccccc2)o1. The Hall–Kier alpha value is -4.20. The van der Waals surface area contributed by atoms with Gasteiger partial charge in [-0.1, -0.05) is 0 Å². The summed E-state index contributed by atoms with van der Waals surface area (Å²) in [6.45, 7) is 6.31. The van der Waals surface area contributed by atoms with Crippen LogP contribution in [0.25, 0.3) is 45.6 Å². The summed E-state index contributed by atoms with van der Waals surface area (Å²) < 4.78 is 13.4. The van der Waals surface area contributed by atoms with Crippen LogP contribution in [-0.4, -0.2) is 0 Å². The van der Waals surface area contributed by atoms with E-state index in [1.165, 1.54) is 61.2 Å². The molecule has 2 aliphatic carbocycles. The monoisotopic (exact) mass is 646 g/mol. The molecule has 2 nitrogen and oxygen atoms in total. The number of hydrogen-bond acceptors (Lipinski definition) is 2. The van der Waals surface area contributed by atoms with Gasteiger partial charge in [0.15, 0.2) is 0 Å². The van der Waals surface area contributed by atoms with E-state index in [1.54, 1.807) is 0 Å². The molecule has 212 valence electrons. The van der Waals surface area contributed by atoms with Crippen molar-refractivity contribution in [3.8, 4) is 22.3 Å². The minimum absolute atomic E-state index is 0.331. The second kappa shape index (κ2) is 11.1. The van der Waals surface area contributed by atoms with Gasteiger partial charge < -0.3 is 0 Å². The first-order valence-electron chi connectivity index (χ1n) is 15.3. The van der Waals surface area contributed by atoms with Gasteiger partial charge in [-0.05, 0) is 0 Å². The number of furan rings is 2. The van der Waals surface area contributed by atoms with Crippen LogP contribution >= 0.6 is 0 Å². The summed E-state index contributed by atoms with van der Waals surface area (Å²) in [5.74, 6) is 3.89. The van der Waals surface area contributed by atoms with Crippen molar-refractivity contribution in [1.82, 2.24) is 0 Å². The fourth-order valence-corrected chi connectivity index (χ4v) is 11.9. The number of hydrogen-bond donors (Lipinski definition) is 0. The molecule has 0 radical (unpaired) electrons. The van der Waals surface area contributed by atoms with Crippen molar-refractivity contribution >= 4 is 23.3 Å². The van der Waals surface area contributed by atoms with Gasteiger partial charge in [-0.3, -0.25) is 0 Å². The molecule has 6 aromatic rings. The molecule has 0 saturated heterocycles. The normalized spacial score (nSPS) is 16.8. The van der Waals surface area contributed by atoms with Gasteiger partial charge in [-0.2, -0.15) is 0 Å². The zero-order chi connectivity index (χ0) is 29.8. The van der Waals surface area contributed by atoms with Gasteiger partial charge in [0.2, 0.25) is 0 Å². The van der Waals surface area contributed by atoms with E-state index in [4.69, 9.17) is 8.83 Å². The predicted molar refractivity (Wildman–Crippen MR) is 177 cm³/mol. The van der Waals surface area contributed by atoms with Crippen LogP contribution < -0.4 is 0 Å². The topological polar surface area (TPSA) is 26.3 Å². The summed E-state index contributed by atoms with van der Waals surface area (Å²) >= 11 is -1.28. The summed E-state index contributed by atoms with van der Waals surface area (Å²) in [5.41, 5.74) is 14.6. The predicted octanol–water partition coefficient (Wildman–Crippen LogP) is 11.1. The van der Waals surface area contributed by atoms with Crippen molar-refractivity contribution in [2.45, 2.75) is 28.0 Å². The van der Waals surface area contributed by atoms with Gasteiger partial charge in [-0.15, -0.1) is 0 Å². The Morgan fingerprint density at radius 1 is 0.500 bits per heavy atom. The molecule has 0 spiro atoms. The van der Waals surface area contributed by atoms with Gasteiger partial charge in [-0.25, -0.2) is 0 Å². The molecule has 2 aromatic heterocycles. The molecule has 3 heteroatoms. The molecule has 0 saturated carbocycles. The first kappa shape index (κ1) is 27.4. The fraction of sp³-hybridized carbons (Fsp3) is 0.122. The van der Waals surface area contributed by atoms with Crippen LogP contribution in [0.2, 0.25) is 0 Å². The number of allylic oxidation sites excluding steroid dienone is 2. The van der Waals surface area contributed by atoms with Gasteiger partial charge in [0.05, 0.1) is 0 Å². The van der Waals surface area contributed by atoms with Crippen LogP contribution in [-0.2, 0) is 23.2 Å². The third-order valence-electron chi connectivity index (χ3n) is 9.00. The average molecular weight is 648 g/mol. The molecule has 4 aromatic carbocycles. The molecule has 0 aliphatic heterocycles. The summed E-state index contributed by atoms with van der Waals surface area (Å²) in [6.07, 6.45) is 4.85. The van der Waals surface area contributed by atoms with Gasteiger partial charge >= 0.3 is 272 Å². The Labute approximate surface area is 270 Å². The van der Waals surface area contributed by atoms with Crippen molar-refractivity contribution in [2.24, 2.45) is 0 Å². The number of rotatable bonds is 6. The van der Waals surface area contributed by atoms with Crippen molar-refractivity contribution < 1.29 is 32.1 Å². The molecule has 0 bridgehead atoms. The van der Waals surface area contributed by atoms with Crippen molar-refractivity contribution in [1.29, 1.82) is 0 Å². The second-order valence-corrected chi connectivity index (χ2v) is 15.5. The molecule has 0 amide bonds. The Morgan fingerprint density at radius 3 is 1.66 bits per heavy atom. The van der Waals surface area contributed by atoms with E-state index in [-0.39, 0.29) is 0 Å². The molecule has 8 rings (SSSR count). The van der Waals surface area contributed by atoms with Crippen LogP contribution in [0, 0.1) is 20.8 Å². The number of benzene rings is 4. The molecule has 0 N–H and O–H groups in total. The van der Waals surface area contributed by atoms with E-state index in [9.17, 15) is 0 Å². The Bertz CT molecular complexity index is 2070. The minimum atomic E-state index is -1.28. The third-order valence-corrected chi connectivity index (χ3v) is 13.7. The number of fused-ring (bicyclic) bond motifs is 2. The van der Waals surface area contributed by atoms with Crippen molar-refractivity contribution in [3.05, 3.63) is 166 Å². The molecule has 0 fully saturated rings. The molecule has 44 heavy (non-hydrogen) atoms. The van der Waals surface area contributed by atoms with E-state index in [0.717, 1.165) is 23.0 Å². The summed E-state index contributed by atoms with van der Waals surface area (Å²) in [5, 5.41) is 0. The van der Waals surface area contributed by atoms with E-state index in [1.807, 2.05) is 13.8 Å². The molecule has 2 atom stereocenters. The Balaban J connectivity index is 1.30. The maximum atomic E-state index is 6.36. The van der Waals surface area contributed by atoms with Crippen LogP contribution in [0.4, 0.5) is 0 Å². The number of aryl methyl sites for hydroxylation is 3. The zero-order valence-electron chi connectivity index (χ0n) is 25.1. The standard InChI is InChI=1S/C21H17O.C20H15O.Zr/c1-14-8-10-17-12-18(20-11-9-15(2)22-20)13-19(17)21(14)16-6-4-3-5-7-16;1-14-10-11-20(21-14)17-12-16-8-5-9-18(19(16)13-17)15-6-3-2-4-7-15;/h3-13H,1-2H3;2-13H,1H3;. The molecule has 2 heterocycles. The second-order valence-electron chi connectivity index (χ2n) is 11.9. The summed E-state index contributed by atoms with van der Waals surface area (Å²) in [6, 6.07) is 41.7. The molecule has 2 unspecified atom stereocenters. The first-order valence-corrected chi connectivity index (χ1v) is 18.1. The first-order chi connectivity index (χ1) is 21.5. The van der Waals surface area contributed by atoms with Gasteiger partial charge in [0.1, 0.15) is 0 Å². The van der Waals surface area contributed by atoms with E-state index < -0.39 is 23.2 Å². The average Bonchev–Trinajstić information content (AvgIpc) is 3.84. The Kier molecular flexibility index (Phi) is 6.88. The third kappa shape index (κ3) is 4.66. The van der Waals surface area contributed by atoms with E-state index >= 15 is 0 Å².